The van der Waals surface area contributed by atoms with E-state index >= 15 is 0 Å². The van der Waals surface area contributed by atoms with Gasteiger partial charge in [-0.1, -0.05) is 36.7 Å². The van der Waals surface area contributed by atoms with E-state index in [1.807, 2.05) is 47.4 Å². The zero-order valence-corrected chi connectivity index (χ0v) is 18.7. The second kappa shape index (κ2) is 9.27. The lowest BCUT2D eigenvalue weighted by atomic mass is 10.1. The molecule has 2 aliphatic rings. The highest BCUT2D eigenvalue weighted by atomic mass is 32.2. The molecule has 0 aromatic heterocycles. The maximum absolute atomic E-state index is 13.5. The molecule has 0 bridgehead atoms. The number of ether oxygens (including phenoxy) is 1. The second-order valence-corrected chi connectivity index (χ2v) is 9.27. The maximum atomic E-state index is 13.5. The zero-order valence-electron chi connectivity index (χ0n) is 17.9. The molecule has 1 fully saturated rings. The van der Waals surface area contributed by atoms with E-state index in [0.29, 0.717) is 17.0 Å². The Morgan fingerprint density at radius 2 is 1.79 bits per heavy atom. The molecule has 5 nitrogen and oxygen atoms in total. The van der Waals surface area contributed by atoms with Crippen LogP contribution in [0.4, 0.5) is 15.8 Å². The number of fused-ring (bicyclic) bond motifs is 2. The predicted molar refractivity (Wildman–Crippen MR) is 127 cm³/mol. The molecule has 0 radical (unpaired) electrons. The Bertz CT molecular complexity index is 1190. The smallest absolute Gasteiger partial charge is 0.262 e. The van der Waals surface area contributed by atoms with Crippen molar-refractivity contribution in [1.29, 1.82) is 0 Å². The van der Waals surface area contributed by atoms with Crippen molar-refractivity contribution in [2.45, 2.75) is 41.5 Å². The number of nitrogens with zero attached hydrogens (tertiary/aromatic N) is 1. The molecule has 5 rings (SSSR count). The van der Waals surface area contributed by atoms with E-state index in [2.05, 4.69) is 5.32 Å². The largest absolute Gasteiger partial charge is 0.484 e. The predicted octanol–water partition coefficient (Wildman–Crippen LogP) is 5.90. The van der Waals surface area contributed by atoms with E-state index in [4.69, 9.17) is 4.74 Å². The van der Waals surface area contributed by atoms with Gasteiger partial charge < -0.3 is 15.0 Å². The monoisotopic (exact) mass is 462 g/mol. The Kier molecular flexibility index (Phi) is 6.05. The van der Waals surface area contributed by atoms with Crippen molar-refractivity contribution in [3.05, 3.63) is 78.1 Å². The number of rotatable bonds is 5. The number of amides is 2. The molecule has 3 aromatic rings. The van der Waals surface area contributed by atoms with Gasteiger partial charge in [0.2, 0.25) is 0 Å². The van der Waals surface area contributed by atoms with Gasteiger partial charge in [0, 0.05) is 21.5 Å². The van der Waals surface area contributed by atoms with Crippen LogP contribution < -0.4 is 15.0 Å². The molecule has 3 aromatic carbocycles. The summed E-state index contributed by atoms with van der Waals surface area (Å²) in [5.41, 5.74) is 2.23. The van der Waals surface area contributed by atoms with Crippen molar-refractivity contribution < 1.29 is 18.7 Å². The van der Waals surface area contributed by atoms with Crippen molar-refractivity contribution in [3.63, 3.8) is 0 Å². The van der Waals surface area contributed by atoms with Gasteiger partial charge in [0.1, 0.15) is 11.6 Å². The van der Waals surface area contributed by atoms with Gasteiger partial charge in [0.15, 0.2) is 6.61 Å². The van der Waals surface area contributed by atoms with Gasteiger partial charge in [-0.3, -0.25) is 9.59 Å². The molecule has 0 saturated heterocycles. The molecular weight excluding hydrogens is 439 g/mol. The Morgan fingerprint density at radius 1 is 1.03 bits per heavy atom. The number of nitrogens with one attached hydrogen (secondary N) is 1. The first-order valence-electron chi connectivity index (χ1n) is 11.0. The minimum atomic E-state index is -0.360. The van der Waals surface area contributed by atoms with Crippen molar-refractivity contribution in [3.8, 4) is 5.75 Å². The molecule has 33 heavy (non-hydrogen) atoms. The Balaban J connectivity index is 1.38. The van der Waals surface area contributed by atoms with Gasteiger partial charge in [-0.25, -0.2) is 4.39 Å². The molecule has 1 heterocycles. The van der Waals surface area contributed by atoms with E-state index in [-0.39, 0.29) is 30.3 Å². The quantitative estimate of drug-likeness (QED) is 0.513. The first kappa shape index (κ1) is 21.5. The molecule has 1 aliphatic carbocycles. The molecule has 0 spiro atoms. The van der Waals surface area contributed by atoms with Gasteiger partial charge >= 0.3 is 0 Å². The molecule has 0 unspecified atom stereocenters. The average molecular weight is 463 g/mol. The molecule has 168 valence electrons. The fraction of sp³-hybridized carbons (Fsp3) is 0.231. The van der Waals surface area contributed by atoms with Crippen LogP contribution in [0.3, 0.4) is 0 Å². The molecular formula is C26H23FN2O3S. The van der Waals surface area contributed by atoms with E-state index in [1.54, 1.807) is 11.8 Å². The Labute approximate surface area is 195 Å². The normalized spacial score (nSPS) is 15.5. The number of halogens is 1. The molecule has 0 atom stereocenters. The minimum Gasteiger partial charge on any atom is -0.484 e. The van der Waals surface area contributed by atoms with Crippen LogP contribution in [0.5, 0.6) is 5.75 Å². The van der Waals surface area contributed by atoms with Crippen molar-refractivity contribution in [2.24, 2.45) is 0 Å². The van der Waals surface area contributed by atoms with Gasteiger partial charge in [-0.15, -0.1) is 0 Å². The van der Waals surface area contributed by atoms with Crippen LogP contribution in [0, 0.1) is 5.82 Å². The van der Waals surface area contributed by atoms with Crippen LogP contribution in [-0.2, 0) is 4.79 Å². The molecule has 2 amide bonds. The van der Waals surface area contributed by atoms with E-state index in [0.717, 1.165) is 41.2 Å². The standard InChI is InChI=1S/C26H23FN2O3S/c27-17-9-12-20(13-10-17)32-16-25(30)28-18-11-14-22-24(15-18)33-23-8-4-3-7-21(23)26(31)29(22)19-5-1-2-6-19/h3-4,7-15,19H,1-2,5-6,16H2,(H,28,30). The van der Waals surface area contributed by atoms with E-state index < -0.39 is 0 Å². The number of benzene rings is 3. The maximum Gasteiger partial charge on any atom is 0.262 e. The number of anilines is 2. The summed E-state index contributed by atoms with van der Waals surface area (Å²) in [5, 5.41) is 2.86. The summed E-state index contributed by atoms with van der Waals surface area (Å²) >= 11 is 1.54. The lowest BCUT2D eigenvalue weighted by molar-refractivity contribution is -0.118. The van der Waals surface area contributed by atoms with Gasteiger partial charge in [-0.2, -0.15) is 0 Å². The summed E-state index contributed by atoms with van der Waals surface area (Å²) in [6.07, 6.45) is 4.25. The van der Waals surface area contributed by atoms with Gasteiger partial charge in [-0.05, 0) is 67.4 Å². The summed E-state index contributed by atoms with van der Waals surface area (Å²) in [6.45, 7) is -0.189. The highest BCUT2D eigenvalue weighted by Gasteiger charge is 2.34. The Morgan fingerprint density at radius 3 is 2.58 bits per heavy atom. The van der Waals surface area contributed by atoms with E-state index in [1.165, 1.54) is 24.3 Å². The fourth-order valence-corrected chi connectivity index (χ4v) is 5.47. The SMILES string of the molecule is O=C(COc1ccc(F)cc1)Nc1ccc2c(c1)Sc1ccccc1C(=O)N2C1CCCC1. The number of carbonyl (C=O) groups is 2. The molecule has 1 N–H and O–H groups in total. The van der Waals surface area contributed by atoms with Crippen molar-refractivity contribution >= 4 is 35.0 Å². The second-order valence-electron chi connectivity index (χ2n) is 8.18. The summed E-state index contributed by atoms with van der Waals surface area (Å²) in [6, 6.07) is 19.0. The Hall–Kier alpha value is -3.32. The molecule has 1 saturated carbocycles. The van der Waals surface area contributed by atoms with Crippen molar-refractivity contribution in [1.82, 2.24) is 0 Å². The first-order valence-corrected chi connectivity index (χ1v) is 11.8. The van der Waals surface area contributed by atoms with Crippen LogP contribution in [0.25, 0.3) is 0 Å². The van der Waals surface area contributed by atoms with Crippen LogP contribution in [0.15, 0.2) is 76.5 Å². The third kappa shape index (κ3) is 4.59. The van der Waals surface area contributed by atoms with Gasteiger partial charge in [0.25, 0.3) is 11.8 Å². The lowest BCUT2D eigenvalue weighted by Crippen LogP contribution is -2.39. The lowest BCUT2D eigenvalue weighted by Gasteiger charge is -2.29. The topological polar surface area (TPSA) is 58.6 Å². The third-order valence-electron chi connectivity index (χ3n) is 5.93. The fourth-order valence-electron chi connectivity index (χ4n) is 4.36. The highest BCUT2D eigenvalue weighted by Crippen LogP contribution is 2.44. The first-order chi connectivity index (χ1) is 16.1. The zero-order chi connectivity index (χ0) is 22.8. The van der Waals surface area contributed by atoms with Crippen molar-refractivity contribution in [2.75, 3.05) is 16.8 Å². The number of hydrogen-bond acceptors (Lipinski definition) is 4. The minimum absolute atomic E-state index is 0.0354. The van der Waals surface area contributed by atoms with Crippen LogP contribution >= 0.6 is 11.8 Å². The van der Waals surface area contributed by atoms with Crippen LogP contribution in [-0.4, -0.2) is 24.5 Å². The van der Waals surface area contributed by atoms with Crippen LogP contribution in [0.1, 0.15) is 36.0 Å². The summed E-state index contributed by atoms with van der Waals surface area (Å²) in [7, 11) is 0. The van der Waals surface area contributed by atoms with E-state index in [9.17, 15) is 14.0 Å². The number of hydrogen-bond donors (Lipinski definition) is 1. The van der Waals surface area contributed by atoms with Gasteiger partial charge in [0.05, 0.1) is 11.3 Å². The average Bonchev–Trinajstić information content (AvgIpc) is 3.31. The summed E-state index contributed by atoms with van der Waals surface area (Å²) in [4.78, 5) is 29.7. The highest BCUT2D eigenvalue weighted by molar-refractivity contribution is 7.99. The molecule has 7 heteroatoms. The molecule has 1 aliphatic heterocycles. The number of carbonyl (C=O) groups excluding carboxylic acids is 2. The third-order valence-corrected chi connectivity index (χ3v) is 7.06. The van der Waals surface area contributed by atoms with Crippen LogP contribution in [0.2, 0.25) is 0 Å². The summed E-state index contributed by atoms with van der Waals surface area (Å²) < 4.78 is 18.5. The summed E-state index contributed by atoms with van der Waals surface area (Å²) in [5.74, 6) is -0.220.